The molecule has 156 valence electrons. The molecule has 30 heavy (non-hydrogen) atoms. The van der Waals surface area contributed by atoms with E-state index in [0.29, 0.717) is 31.6 Å². The smallest absolute Gasteiger partial charge is 0.253 e. The maximum absolute atomic E-state index is 13.2. The second kappa shape index (κ2) is 8.34. The molecule has 0 saturated carbocycles. The Kier molecular flexibility index (Phi) is 5.77. The average Bonchev–Trinajstić information content (AvgIpc) is 3.17. The molecule has 0 aliphatic carbocycles. The first kappa shape index (κ1) is 20.8. The van der Waals surface area contributed by atoms with Crippen LogP contribution in [0, 0.1) is 6.92 Å². The average molecular weight is 441 g/mol. The number of aryl methyl sites for hydroxylation is 1. The van der Waals surface area contributed by atoms with Gasteiger partial charge in [0.2, 0.25) is 10.0 Å². The van der Waals surface area contributed by atoms with Gasteiger partial charge in [-0.1, -0.05) is 30.3 Å². The molecule has 5 nitrogen and oxygen atoms in total. The lowest BCUT2D eigenvalue weighted by molar-refractivity contribution is 0.0786. The lowest BCUT2D eigenvalue weighted by Gasteiger charge is -2.28. The third kappa shape index (κ3) is 4.19. The van der Waals surface area contributed by atoms with Crippen molar-refractivity contribution in [1.29, 1.82) is 0 Å². The largest absolute Gasteiger partial charge is 0.337 e. The molecule has 2 heterocycles. The highest BCUT2D eigenvalue weighted by Crippen LogP contribution is 2.26. The maximum Gasteiger partial charge on any atom is 0.253 e. The normalized spacial score (nSPS) is 14.3. The molecule has 0 spiro atoms. The summed E-state index contributed by atoms with van der Waals surface area (Å²) < 4.78 is 28.0. The van der Waals surface area contributed by atoms with Crippen molar-refractivity contribution in [2.75, 3.05) is 13.6 Å². The second-order valence-electron chi connectivity index (χ2n) is 7.56. The van der Waals surface area contributed by atoms with Crippen LogP contribution < -0.4 is 0 Å². The Hall–Kier alpha value is -2.48. The number of fused-ring (bicyclic) bond motifs is 1. The van der Waals surface area contributed by atoms with Crippen LogP contribution in [0.4, 0.5) is 0 Å². The molecule has 1 aliphatic rings. The predicted molar refractivity (Wildman–Crippen MR) is 119 cm³/mol. The standard InChI is InChI=1S/C23H24N2O3S2/c1-17-10-11-21(29-17)16-24(2)23(26)19-8-5-9-22(14-19)30(27,28)25-13-12-18-6-3-4-7-20(18)15-25/h3-11,14H,12-13,15-16H2,1-2H3. The van der Waals surface area contributed by atoms with Gasteiger partial charge in [-0.3, -0.25) is 4.79 Å². The molecule has 0 bridgehead atoms. The highest BCUT2D eigenvalue weighted by atomic mass is 32.2. The zero-order valence-corrected chi connectivity index (χ0v) is 18.7. The Morgan fingerprint density at radius 2 is 1.83 bits per heavy atom. The van der Waals surface area contributed by atoms with Crippen molar-refractivity contribution in [3.63, 3.8) is 0 Å². The van der Waals surface area contributed by atoms with E-state index in [9.17, 15) is 13.2 Å². The molecule has 7 heteroatoms. The fourth-order valence-corrected chi connectivity index (χ4v) is 6.12. The van der Waals surface area contributed by atoms with Gasteiger partial charge in [-0.2, -0.15) is 4.31 Å². The molecule has 1 aromatic heterocycles. The second-order valence-corrected chi connectivity index (χ2v) is 10.9. The number of hydrogen-bond acceptors (Lipinski definition) is 4. The molecule has 3 aromatic rings. The molecular weight excluding hydrogens is 416 g/mol. The van der Waals surface area contributed by atoms with E-state index in [-0.39, 0.29) is 10.8 Å². The van der Waals surface area contributed by atoms with Gasteiger partial charge in [-0.05, 0) is 54.8 Å². The first-order chi connectivity index (χ1) is 14.3. The van der Waals surface area contributed by atoms with Gasteiger partial charge in [0.15, 0.2) is 0 Å². The Bertz CT molecular complexity index is 1180. The molecule has 1 aliphatic heterocycles. The third-order valence-corrected chi connectivity index (χ3v) is 8.18. The molecule has 2 aromatic carbocycles. The minimum atomic E-state index is -3.68. The van der Waals surface area contributed by atoms with Gasteiger partial charge in [0.1, 0.15) is 0 Å². The van der Waals surface area contributed by atoms with E-state index in [2.05, 4.69) is 0 Å². The number of nitrogens with zero attached hydrogens (tertiary/aromatic N) is 2. The van der Waals surface area contributed by atoms with Crippen LogP contribution >= 0.6 is 11.3 Å². The first-order valence-corrected chi connectivity index (χ1v) is 12.1. The third-order valence-electron chi connectivity index (χ3n) is 5.35. The van der Waals surface area contributed by atoms with Crippen LogP contribution in [0.5, 0.6) is 0 Å². The van der Waals surface area contributed by atoms with E-state index in [1.54, 1.807) is 41.5 Å². The van der Waals surface area contributed by atoms with E-state index in [1.165, 1.54) is 20.8 Å². The van der Waals surface area contributed by atoms with Crippen LogP contribution in [0.1, 0.15) is 31.2 Å². The highest BCUT2D eigenvalue weighted by molar-refractivity contribution is 7.89. The summed E-state index contributed by atoms with van der Waals surface area (Å²) in [5.74, 6) is -0.193. The topological polar surface area (TPSA) is 57.7 Å². The van der Waals surface area contributed by atoms with E-state index in [0.717, 1.165) is 10.4 Å². The number of carbonyl (C=O) groups is 1. The summed E-state index contributed by atoms with van der Waals surface area (Å²) in [5, 5.41) is 0. The number of hydrogen-bond donors (Lipinski definition) is 0. The summed E-state index contributed by atoms with van der Waals surface area (Å²) in [7, 11) is -1.94. The molecule has 4 rings (SSSR count). The van der Waals surface area contributed by atoms with Gasteiger partial charge in [0, 0.05) is 35.5 Å². The van der Waals surface area contributed by atoms with E-state index < -0.39 is 10.0 Å². The van der Waals surface area contributed by atoms with E-state index in [1.807, 2.05) is 43.3 Å². The lowest BCUT2D eigenvalue weighted by atomic mass is 10.0. The van der Waals surface area contributed by atoms with Crippen LogP contribution in [0.2, 0.25) is 0 Å². The van der Waals surface area contributed by atoms with E-state index in [4.69, 9.17) is 0 Å². The summed E-state index contributed by atoms with van der Waals surface area (Å²) in [6.45, 7) is 3.32. The number of amides is 1. The van der Waals surface area contributed by atoms with Gasteiger partial charge in [0.25, 0.3) is 5.91 Å². The van der Waals surface area contributed by atoms with Crippen LogP contribution in [-0.2, 0) is 29.5 Å². The van der Waals surface area contributed by atoms with Crippen LogP contribution in [0.3, 0.4) is 0 Å². The van der Waals surface area contributed by atoms with Gasteiger partial charge < -0.3 is 4.90 Å². The molecule has 0 fully saturated rings. The van der Waals surface area contributed by atoms with Crippen molar-refractivity contribution >= 4 is 27.3 Å². The lowest BCUT2D eigenvalue weighted by Crippen LogP contribution is -2.36. The van der Waals surface area contributed by atoms with Crippen molar-refractivity contribution < 1.29 is 13.2 Å². The van der Waals surface area contributed by atoms with Crippen molar-refractivity contribution in [2.45, 2.75) is 31.3 Å². The Balaban J connectivity index is 1.54. The number of benzene rings is 2. The molecule has 0 unspecified atom stereocenters. The molecular formula is C23H24N2O3S2. The van der Waals surface area contributed by atoms with Crippen LogP contribution in [-0.4, -0.2) is 37.1 Å². The first-order valence-electron chi connectivity index (χ1n) is 9.82. The molecule has 1 amide bonds. The monoisotopic (exact) mass is 440 g/mol. The summed E-state index contributed by atoms with van der Waals surface area (Å²) in [6.07, 6.45) is 0.691. The maximum atomic E-state index is 13.2. The quantitative estimate of drug-likeness (QED) is 0.601. The minimum Gasteiger partial charge on any atom is -0.337 e. The molecule has 0 atom stereocenters. The van der Waals surface area contributed by atoms with Gasteiger partial charge in [-0.15, -0.1) is 11.3 Å². The number of sulfonamides is 1. The molecule has 0 N–H and O–H groups in total. The van der Waals surface area contributed by atoms with Gasteiger partial charge in [-0.25, -0.2) is 8.42 Å². The zero-order valence-electron chi connectivity index (χ0n) is 17.0. The molecule has 0 saturated heterocycles. The number of rotatable bonds is 5. The minimum absolute atomic E-state index is 0.160. The fourth-order valence-electron chi connectivity index (χ4n) is 3.71. The van der Waals surface area contributed by atoms with Crippen molar-refractivity contribution in [2.24, 2.45) is 0 Å². The predicted octanol–water partition coefficient (Wildman–Crippen LogP) is 4.08. The van der Waals surface area contributed by atoms with Gasteiger partial charge in [0.05, 0.1) is 11.4 Å². The van der Waals surface area contributed by atoms with Crippen molar-refractivity contribution in [3.8, 4) is 0 Å². The Morgan fingerprint density at radius 1 is 1.07 bits per heavy atom. The van der Waals surface area contributed by atoms with Gasteiger partial charge >= 0.3 is 0 Å². The zero-order chi connectivity index (χ0) is 21.3. The van der Waals surface area contributed by atoms with Crippen LogP contribution in [0.15, 0.2) is 65.6 Å². The number of carbonyl (C=O) groups excluding carboxylic acids is 1. The summed E-state index contributed by atoms with van der Waals surface area (Å²) in [5.41, 5.74) is 2.60. The summed E-state index contributed by atoms with van der Waals surface area (Å²) >= 11 is 1.65. The number of thiophene rings is 1. The fraction of sp³-hybridized carbons (Fsp3) is 0.261. The highest BCUT2D eigenvalue weighted by Gasteiger charge is 2.29. The Labute approximate surface area is 181 Å². The Morgan fingerprint density at radius 3 is 2.57 bits per heavy atom. The molecule has 0 radical (unpaired) electrons. The SMILES string of the molecule is Cc1ccc(CN(C)C(=O)c2cccc(S(=O)(=O)N3CCc4ccccc4C3)c2)s1. The van der Waals surface area contributed by atoms with Crippen LogP contribution in [0.25, 0.3) is 0 Å². The van der Waals surface area contributed by atoms with Crippen molar-refractivity contribution in [1.82, 2.24) is 9.21 Å². The summed E-state index contributed by atoms with van der Waals surface area (Å²) in [6, 6.07) is 18.3. The van der Waals surface area contributed by atoms with Crippen molar-refractivity contribution in [3.05, 3.63) is 87.1 Å². The van der Waals surface area contributed by atoms with E-state index >= 15 is 0 Å². The summed E-state index contributed by atoms with van der Waals surface area (Å²) in [4.78, 5) is 17.0.